The Labute approximate surface area is 157 Å². The van der Waals surface area contributed by atoms with Gasteiger partial charge in [0.2, 0.25) is 5.91 Å². The number of carbonyl (C=O) groups excluding carboxylic acids is 3. The Bertz CT molecular complexity index is 823. The van der Waals surface area contributed by atoms with Crippen LogP contribution < -0.4 is 11.1 Å². The summed E-state index contributed by atoms with van der Waals surface area (Å²) < 4.78 is 0. The third kappa shape index (κ3) is 4.69. The minimum absolute atomic E-state index is 0.0264. The second-order valence-corrected chi connectivity index (χ2v) is 6.53. The molecule has 0 spiro atoms. The van der Waals surface area contributed by atoms with Crippen LogP contribution in [0.5, 0.6) is 0 Å². The second kappa shape index (κ2) is 8.44. The van der Waals surface area contributed by atoms with Crippen molar-refractivity contribution in [1.29, 1.82) is 0 Å². The van der Waals surface area contributed by atoms with Gasteiger partial charge in [0, 0.05) is 30.5 Å². The average Bonchev–Trinajstić information content (AvgIpc) is 2.97. The van der Waals surface area contributed by atoms with E-state index in [4.69, 9.17) is 5.73 Å². The molecular weight excluding hydrogens is 344 g/mol. The number of nitrogens with one attached hydrogen (secondary N) is 1. The van der Waals surface area contributed by atoms with Gasteiger partial charge in [-0.2, -0.15) is 0 Å². The molecule has 2 heterocycles. The lowest BCUT2D eigenvalue weighted by Gasteiger charge is -2.20. The van der Waals surface area contributed by atoms with Crippen molar-refractivity contribution in [1.82, 2.24) is 9.88 Å². The summed E-state index contributed by atoms with van der Waals surface area (Å²) in [5, 5.41) is 2.72. The SMILES string of the molecule is NC(=O)c1ccc(C(=O)Nc2ccc(C(=O)N3CCCCCC3)cc2)nc1. The molecule has 0 saturated carbocycles. The number of nitrogens with two attached hydrogens (primary N) is 1. The smallest absolute Gasteiger partial charge is 0.274 e. The van der Waals surface area contributed by atoms with Gasteiger partial charge in [-0.25, -0.2) is 0 Å². The van der Waals surface area contributed by atoms with E-state index in [-0.39, 0.29) is 17.2 Å². The number of primary amides is 1. The standard InChI is InChI=1S/C20H22N4O3/c21-18(25)15-7-10-17(22-13-15)19(26)23-16-8-5-14(6-9-16)20(27)24-11-3-1-2-4-12-24/h5-10,13H,1-4,11-12H2,(H2,21,25)(H,23,26). The van der Waals surface area contributed by atoms with Crippen molar-refractivity contribution < 1.29 is 14.4 Å². The van der Waals surface area contributed by atoms with Crippen molar-refractivity contribution in [3.63, 3.8) is 0 Å². The van der Waals surface area contributed by atoms with E-state index in [0.29, 0.717) is 11.3 Å². The van der Waals surface area contributed by atoms with Crippen LogP contribution in [0.4, 0.5) is 5.69 Å². The molecule has 140 valence electrons. The van der Waals surface area contributed by atoms with Gasteiger partial charge in [0.15, 0.2) is 0 Å². The molecule has 3 rings (SSSR count). The molecule has 1 fully saturated rings. The predicted octanol–water partition coefficient (Wildman–Crippen LogP) is 2.45. The highest BCUT2D eigenvalue weighted by Gasteiger charge is 2.17. The quantitative estimate of drug-likeness (QED) is 0.867. The zero-order valence-corrected chi connectivity index (χ0v) is 15.0. The minimum Gasteiger partial charge on any atom is -0.366 e. The summed E-state index contributed by atoms with van der Waals surface area (Å²) in [4.78, 5) is 41.7. The highest BCUT2D eigenvalue weighted by atomic mass is 16.2. The van der Waals surface area contributed by atoms with Gasteiger partial charge in [-0.3, -0.25) is 19.4 Å². The molecule has 1 aromatic carbocycles. The lowest BCUT2D eigenvalue weighted by atomic mass is 10.1. The Kier molecular flexibility index (Phi) is 5.80. The maximum Gasteiger partial charge on any atom is 0.274 e. The van der Waals surface area contributed by atoms with Crippen LogP contribution in [0.1, 0.15) is 56.9 Å². The number of pyridine rings is 1. The number of amides is 3. The Morgan fingerprint density at radius 1 is 0.889 bits per heavy atom. The van der Waals surface area contributed by atoms with Crippen molar-refractivity contribution in [2.24, 2.45) is 5.73 Å². The number of hydrogen-bond donors (Lipinski definition) is 2. The van der Waals surface area contributed by atoms with E-state index in [0.717, 1.165) is 25.9 Å². The van der Waals surface area contributed by atoms with Crippen LogP contribution in [0.3, 0.4) is 0 Å². The van der Waals surface area contributed by atoms with Crippen LogP contribution in [0.15, 0.2) is 42.6 Å². The number of nitrogens with zero attached hydrogens (tertiary/aromatic N) is 2. The van der Waals surface area contributed by atoms with Crippen molar-refractivity contribution in [3.05, 3.63) is 59.4 Å². The van der Waals surface area contributed by atoms with E-state index < -0.39 is 11.8 Å². The molecule has 27 heavy (non-hydrogen) atoms. The lowest BCUT2D eigenvalue weighted by molar-refractivity contribution is 0.0761. The van der Waals surface area contributed by atoms with Crippen molar-refractivity contribution in [2.45, 2.75) is 25.7 Å². The summed E-state index contributed by atoms with van der Waals surface area (Å²) in [7, 11) is 0. The Balaban J connectivity index is 1.63. The predicted molar refractivity (Wildman–Crippen MR) is 102 cm³/mol. The third-order valence-electron chi connectivity index (χ3n) is 4.56. The Morgan fingerprint density at radius 2 is 1.52 bits per heavy atom. The Morgan fingerprint density at radius 3 is 2.07 bits per heavy atom. The largest absolute Gasteiger partial charge is 0.366 e. The number of carbonyl (C=O) groups is 3. The average molecular weight is 366 g/mol. The van der Waals surface area contributed by atoms with Gasteiger partial charge in [0.25, 0.3) is 11.8 Å². The molecule has 3 amide bonds. The molecule has 1 aliphatic rings. The van der Waals surface area contributed by atoms with Crippen LogP contribution in [-0.2, 0) is 0 Å². The number of hydrogen-bond acceptors (Lipinski definition) is 4. The molecule has 1 aliphatic heterocycles. The summed E-state index contributed by atoms with van der Waals surface area (Å²) in [6.07, 6.45) is 5.69. The van der Waals surface area contributed by atoms with Gasteiger partial charge in [0.1, 0.15) is 5.69 Å². The van der Waals surface area contributed by atoms with E-state index in [1.165, 1.54) is 31.2 Å². The fraction of sp³-hybridized carbons (Fsp3) is 0.300. The van der Waals surface area contributed by atoms with Gasteiger partial charge < -0.3 is 16.0 Å². The first-order valence-corrected chi connectivity index (χ1v) is 9.01. The summed E-state index contributed by atoms with van der Waals surface area (Å²) in [5.74, 6) is -0.977. The van der Waals surface area contributed by atoms with E-state index in [2.05, 4.69) is 10.3 Å². The van der Waals surface area contributed by atoms with E-state index in [9.17, 15) is 14.4 Å². The van der Waals surface area contributed by atoms with Crippen LogP contribution >= 0.6 is 0 Å². The first kappa shape index (κ1) is 18.6. The fourth-order valence-corrected chi connectivity index (χ4v) is 3.02. The summed E-state index contributed by atoms with van der Waals surface area (Å²) in [5.41, 5.74) is 6.74. The highest BCUT2D eigenvalue weighted by molar-refractivity contribution is 6.03. The molecule has 0 aliphatic carbocycles. The lowest BCUT2D eigenvalue weighted by Crippen LogP contribution is -2.31. The summed E-state index contributed by atoms with van der Waals surface area (Å²) in [6, 6.07) is 9.71. The fourth-order valence-electron chi connectivity index (χ4n) is 3.02. The number of rotatable bonds is 4. The zero-order chi connectivity index (χ0) is 19.2. The number of benzene rings is 1. The van der Waals surface area contributed by atoms with Gasteiger partial charge in [0.05, 0.1) is 5.56 Å². The summed E-state index contributed by atoms with van der Waals surface area (Å²) in [6.45, 7) is 1.59. The molecule has 1 saturated heterocycles. The maximum absolute atomic E-state index is 12.6. The summed E-state index contributed by atoms with van der Waals surface area (Å²) >= 11 is 0. The molecule has 7 heteroatoms. The first-order chi connectivity index (χ1) is 13.0. The van der Waals surface area contributed by atoms with Crippen LogP contribution in [-0.4, -0.2) is 40.7 Å². The van der Waals surface area contributed by atoms with Gasteiger partial charge in [-0.15, -0.1) is 0 Å². The van der Waals surface area contributed by atoms with Crippen LogP contribution in [0.2, 0.25) is 0 Å². The topological polar surface area (TPSA) is 105 Å². The molecule has 0 radical (unpaired) electrons. The molecule has 7 nitrogen and oxygen atoms in total. The van der Waals surface area contributed by atoms with E-state index in [1.54, 1.807) is 24.3 Å². The van der Waals surface area contributed by atoms with Crippen molar-refractivity contribution >= 4 is 23.4 Å². The maximum atomic E-state index is 12.6. The molecule has 0 bridgehead atoms. The monoisotopic (exact) mass is 366 g/mol. The number of aromatic nitrogens is 1. The molecule has 2 aromatic rings. The van der Waals surface area contributed by atoms with Gasteiger partial charge in [-0.1, -0.05) is 12.8 Å². The van der Waals surface area contributed by atoms with Gasteiger partial charge >= 0.3 is 0 Å². The van der Waals surface area contributed by atoms with E-state index in [1.807, 2.05) is 4.90 Å². The van der Waals surface area contributed by atoms with Crippen LogP contribution in [0.25, 0.3) is 0 Å². The highest BCUT2D eigenvalue weighted by Crippen LogP contribution is 2.16. The zero-order valence-electron chi connectivity index (χ0n) is 15.0. The van der Waals surface area contributed by atoms with E-state index >= 15 is 0 Å². The molecule has 1 aromatic heterocycles. The molecular formula is C20H22N4O3. The minimum atomic E-state index is -0.598. The molecule has 0 atom stereocenters. The third-order valence-corrected chi connectivity index (χ3v) is 4.56. The van der Waals surface area contributed by atoms with Crippen LogP contribution in [0, 0.1) is 0 Å². The van der Waals surface area contributed by atoms with Crippen molar-refractivity contribution in [3.8, 4) is 0 Å². The molecule has 0 unspecified atom stereocenters. The second-order valence-electron chi connectivity index (χ2n) is 6.53. The van der Waals surface area contributed by atoms with Gasteiger partial charge in [-0.05, 0) is 49.2 Å². The number of anilines is 1. The van der Waals surface area contributed by atoms with Crippen molar-refractivity contribution in [2.75, 3.05) is 18.4 Å². The molecule has 3 N–H and O–H groups in total. The number of likely N-dealkylation sites (tertiary alicyclic amines) is 1. The Hall–Kier alpha value is -3.22. The first-order valence-electron chi connectivity index (χ1n) is 9.01. The normalized spacial score (nSPS) is 14.3.